The molecule has 2 nitrogen and oxygen atoms in total. The molecule has 2 heteroatoms. The number of rotatable bonds is 2. The van der Waals surface area contributed by atoms with Crippen LogP contribution in [0.2, 0.25) is 0 Å². The first-order valence-corrected chi connectivity index (χ1v) is 5.41. The monoisotopic (exact) mass is 188 g/mol. The maximum absolute atomic E-state index is 3.48. The van der Waals surface area contributed by atoms with E-state index in [9.17, 15) is 0 Å². The molecule has 2 aliphatic rings. The fourth-order valence-corrected chi connectivity index (χ4v) is 2.51. The third-order valence-electron chi connectivity index (χ3n) is 3.41. The molecule has 3 rings (SSSR count). The van der Waals surface area contributed by atoms with Crippen LogP contribution in [0.15, 0.2) is 30.3 Å². The lowest BCUT2D eigenvalue weighted by molar-refractivity contribution is 0.295. The molecular formula is C12H16N2. The predicted octanol–water partition coefficient (Wildman–Crippen LogP) is 1.09. The van der Waals surface area contributed by atoms with Crippen LogP contribution in [0, 0.1) is 5.92 Å². The lowest BCUT2D eigenvalue weighted by atomic mass is 9.96. The molecule has 2 atom stereocenters. The quantitative estimate of drug-likeness (QED) is 0.747. The predicted molar refractivity (Wildman–Crippen MR) is 57.0 cm³/mol. The van der Waals surface area contributed by atoms with E-state index in [2.05, 4.69) is 40.5 Å². The summed E-state index contributed by atoms with van der Waals surface area (Å²) in [5, 5.41) is 3.48. The van der Waals surface area contributed by atoms with E-state index in [4.69, 9.17) is 0 Å². The van der Waals surface area contributed by atoms with Gasteiger partial charge in [-0.25, -0.2) is 0 Å². The zero-order valence-corrected chi connectivity index (χ0v) is 8.32. The van der Waals surface area contributed by atoms with Crippen LogP contribution in [0.25, 0.3) is 0 Å². The van der Waals surface area contributed by atoms with Gasteiger partial charge in [0.15, 0.2) is 0 Å². The highest BCUT2D eigenvalue weighted by Gasteiger charge is 2.38. The lowest BCUT2D eigenvalue weighted by Crippen LogP contribution is -2.51. The van der Waals surface area contributed by atoms with Gasteiger partial charge >= 0.3 is 0 Å². The van der Waals surface area contributed by atoms with Gasteiger partial charge in [0, 0.05) is 38.1 Å². The molecule has 0 aromatic heterocycles. The number of hydrogen-bond donors (Lipinski definition) is 1. The summed E-state index contributed by atoms with van der Waals surface area (Å²) in [5.41, 5.74) is 1.44. The first-order valence-electron chi connectivity index (χ1n) is 5.41. The summed E-state index contributed by atoms with van der Waals surface area (Å²) < 4.78 is 0. The smallest absolute Gasteiger partial charge is 0.0247 e. The van der Waals surface area contributed by atoms with Crippen LogP contribution >= 0.6 is 0 Å². The van der Waals surface area contributed by atoms with Gasteiger partial charge in [-0.3, -0.25) is 4.90 Å². The van der Waals surface area contributed by atoms with Crippen LogP contribution in [0.1, 0.15) is 5.56 Å². The second-order valence-electron chi connectivity index (χ2n) is 4.45. The summed E-state index contributed by atoms with van der Waals surface area (Å²) in [6.45, 7) is 4.87. The molecular weight excluding hydrogens is 172 g/mol. The summed E-state index contributed by atoms with van der Waals surface area (Å²) in [5.74, 6) is 0.929. The second kappa shape index (κ2) is 3.37. The Morgan fingerprint density at radius 3 is 2.64 bits per heavy atom. The summed E-state index contributed by atoms with van der Waals surface area (Å²) in [6.07, 6.45) is 0. The average Bonchev–Trinajstić information content (AvgIpc) is 2.46. The van der Waals surface area contributed by atoms with Gasteiger partial charge in [-0.15, -0.1) is 0 Å². The van der Waals surface area contributed by atoms with Crippen molar-refractivity contribution in [3.05, 3.63) is 35.9 Å². The number of hydrogen-bond acceptors (Lipinski definition) is 2. The van der Waals surface area contributed by atoms with Crippen molar-refractivity contribution in [3.8, 4) is 0 Å². The van der Waals surface area contributed by atoms with Crippen molar-refractivity contribution >= 4 is 0 Å². The number of nitrogens with one attached hydrogen (secondary N) is 1. The molecule has 1 unspecified atom stereocenters. The third kappa shape index (κ3) is 1.45. The molecule has 0 amide bonds. The highest BCUT2D eigenvalue weighted by molar-refractivity contribution is 5.15. The van der Waals surface area contributed by atoms with Crippen molar-refractivity contribution in [2.24, 2.45) is 5.92 Å². The average molecular weight is 188 g/mol. The van der Waals surface area contributed by atoms with Gasteiger partial charge in [-0.2, -0.15) is 0 Å². The first-order chi connectivity index (χ1) is 6.92. The number of fused-ring (bicyclic) bond motifs is 1. The van der Waals surface area contributed by atoms with E-state index in [1.54, 1.807) is 0 Å². The van der Waals surface area contributed by atoms with E-state index in [0.717, 1.165) is 18.5 Å². The summed E-state index contributed by atoms with van der Waals surface area (Å²) >= 11 is 0. The minimum atomic E-state index is 0.790. The van der Waals surface area contributed by atoms with E-state index in [-0.39, 0.29) is 0 Å². The van der Waals surface area contributed by atoms with Crippen LogP contribution in [0.3, 0.4) is 0 Å². The molecule has 1 aromatic carbocycles. The molecule has 0 spiro atoms. The van der Waals surface area contributed by atoms with E-state index < -0.39 is 0 Å². The van der Waals surface area contributed by atoms with Crippen molar-refractivity contribution in [1.82, 2.24) is 10.2 Å². The Labute approximate surface area is 84.9 Å². The zero-order valence-electron chi connectivity index (χ0n) is 8.32. The Kier molecular flexibility index (Phi) is 2.03. The molecule has 2 fully saturated rings. The normalized spacial score (nSPS) is 31.1. The van der Waals surface area contributed by atoms with Crippen molar-refractivity contribution in [2.45, 2.75) is 12.6 Å². The Hall–Kier alpha value is -0.860. The Morgan fingerprint density at radius 2 is 2.07 bits per heavy atom. The zero-order chi connectivity index (χ0) is 9.38. The van der Waals surface area contributed by atoms with Crippen LogP contribution in [0.5, 0.6) is 0 Å². The van der Waals surface area contributed by atoms with E-state index in [0.29, 0.717) is 0 Å². The van der Waals surface area contributed by atoms with Gasteiger partial charge in [0.1, 0.15) is 0 Å². The molecule has 1 aromatic rings. The highest BCUT2D eigenvalue weighted by atomic mass is 15.2. The minimum absolute atomic E-state index is 0.790. The largest absolute Gasteiger partial charge is 0.312 e. The second-order valence-corrected chi connectivity index (χ2v) is 4.45. The molecule has 0 bridgehead atoms. The highest BCUT2D eigenvalue weighted by Crippen LogP contribution is 2.24. The molecule has 0 saturated carbocycles. The molecule has 14 heavy (non-hydrogen) atoms. The standard InChI is InChI=1S/C12H16N2/c1-2-4-10(5-3-1)7-14-8-11-6-13-12(11)9-14/h1-5,11-13H,6-9H2/t11-,12?/m0/s1. The van der Waals surface area contributed by atoms with Gasteiger partial charge in [-0.05, 0) is 5.56 Å². The van der Waals surface area contributed by atoms with E-state index in [1.165, 1.54) is 25.2 Å². The fourth-order valence-electron chi connectivity index (χ4n) is 2.51. The Balaban J connectivity index is 1.63. The van der Waals surface area contributed by atoms with Gasteiger partial charge in [0.05, 0.1) is 0 Å². The minimum Gasteiger partial charge on any atom is -0.312 e. The van der Waals surface area contributed by atoms with E-state index in [1.807, 2.05) is 0 Å². The maximum Gasteiger partial charge on any atom is 0.0247 e. The van der Waals surface area contributed by atoms with E-state index >= 15 is 0 Å². The van der Waals surface area contributed by atoms with Gasteiger partial charge in [0.25, 0.3) is 0 Å². The third-order valence-corrected chi connectivity index (χ3v) is 3.41. The summed E-state index contributed by atoms with van der Waals surface area (Å²) in [7, 11) is 0. The fraction of sp³-hybridized carbons (Fsp3) is 0.500. The van der Waals surface area contributed by atoms with Crippen molar-refractivity contribution < 1.29 is 0 Å². The molecule has 2 saturated heterocycles. The van der Waals surface area contributed by atoms with Gasteiger partial charge in [0.2, 0.25) is 0 Å². The van der Waals surface area contributed by atoms with Crippen LogP contribution < -0.4 is 5.32 Å². The van der Waals surface area contributed by atoms with Crippen molar-refractivity contribution in [1.29, 1.82) is 0 Å². The van der Waals surface area contributed by atoms with Gasteiger partial charge in [-0.1, -0.05) is 30.3 Å². The number of nitrogens with zero attached hydrogens (tertiary/aromatic N) is 1. The van der Waals surface area contributed by atoms with Crippen molar-refractivity contribution in [2.75, 3.05) is 19.6 Å². The van der Waals surface area contributed by atoms with Crippen LogP contribution in [0.4, 0.5) is 0 Å². The molecule has 74 valence electrons. The van der Waals surface area contributed by atoms with Crippen molar-refractivity contribution in [3.63, 3.8) is 0 Å². The molecule has 1 N–H and O–H groups in total. The first kappa shape index (κ1) is 8.45. The Morgan fingerprint density at radius 1 is 1.21 bits per heavy atom. The number of likely N-dealkylation sites (tertiary alicyclic amines) is 1. The van der Waals surface area contributed by atoms with Gasteiger partial charge < -0.3 is 5.32 Å². The summed E-state index contributed by atoms with van der Waals surface area (Å²) in [6, 6.07) is 11.6. The molecule has 2 heterocycles. The lowest BCUT2D eigenvalue weighted by Gasteiger charge is -2.30. The Bertz CT molecular complexity index is 297. The van der Waals surface area contributed by atoms with Crippen LogP contribution in [-0.2, 0) is 6.54 Å². The number of benzene rings is 1. The topological polar surface area (TPSA) is 15.3 Å². The molecule has 0 aliphatic carbocycles. The summed E-state index contributed by atoms with van der Waals surface area (Å²) in [4.78, 5) is 2.56. The maximum atomic E-state index is 3.48. The SMILES string of the molecule is c1ccc(CN2CC3NC[C@H]3C2)cc1. The van der Waals surface area contributed by atoms with Crippen LogP contribution in [-0.4, -0.2) is 30.6 Å². The molecule has 2 aliphatic heterocycles. The molecule has 0 radical (unpaired) electrons.